The molecule has 78 valence electrons. The van der Waals surface area contributed by atoms with Crippen molar-refractivity contribution >= 4 is 11.6 Å². The van der Waals surface area contributed by atoms with Crippen LogP contribution in [0, 0.1) is 6.92 Å². The highest BCUT2D eigenvalue weighted by atomic mass is 35.5. The third-order valence-electron chi connectivity index (χ3n) is 2.04. The molecule has 0 saturated heterocycles. The molecule has 0 radical (unpaired) electrons. The van der Waals surface area contributed by atoms with Gasteiger partial charge in [-0.3, -0.25) is 0 Å². The van der Waals surface area contributed by atoms with Crippen LogP contribution in [0.5, 0.6) is 5.75 Å². The Hall–Kier alpha value is -0.730. The van der Waals surface area contributed by atoms with Crippen LogP contribution in [0.15, 0.2) is 18.2 Å². The van der Waals surface area contributed by atoms with Crippen molar-refractivity contribution in [1.29, 1.82) is 0 Å². The van der Waals surface area contributed by atoms with Gasteiger partial charge in [0.25, 0.3) is 0 Å². The molecule has 1 aromatic carbocycles. The minimum atomic E-state index is 0.769. The molecule has 2 nitrogen and oxygen atoms in total. The topological polar surface area (TPSA) is 25.8 Å². The second-order valence-electron chi connectivity index (χ2n) is 3.31. The van der Waals surface area contributed by atoms with E-state index in [4.69, 9.17) is 16.3 Å². The van der Waals surface area contributed by atoms with E-state index in [1.807, 2.05) is 25.1 Å². The van der Waals surface area contributed by atoms with Crippen molar-refractivity contribution in [3.63, 3.8) is 0 Å². The summed E-state index contributed by atoms with van der Waals surface area (Å²) in [6, 6.07) is 5.75. The number of nitrogens with two attached hydrogens (primary N) is 1. The lowest BCUT2D eigenvalue weighted by molar-refractivity contribution is -0.627. The van der Waals surface area contributed by atoms with E-state index in [9.17, 15) is 0 Å². The summed E-state index contributed by atoms with van der Waals surface area (Å²) in [7, 11) is 2.06. The van der Waals surface area contributed by atoms with Crippen LogP contribution in [0.25, 0.3) is 0 Å². The SMILES string of the molecule is C[NH2+]CCCOc1ccc(Cl)c(C)c1. The van der Waals surface area contributed by atoms with E-state index >= 15 is 0 Å². The van der Waals surface area contributed by atoms with Crippen LogP contribution in [0.3, 0.4) is 0 Å². The van der Waals surface area contributed by atoms with E-state index in [0.29, 0.717) is 0 Å². The van der Waals surface area contributed by atoms with Crippen LogP contribution in [0.2, 0.25) is 5.02 Å². The molecule has 0 heterocycles. The standard InChI is InChI=1S/C11H16ClNO/c1-9-8-10(4-5-11(9)12)14-7-3-6-13-2/h4-5,8,13H,3,6-7H2,1-2H3/p+1. The zero-order chi connectivity index (χ0) is 10.4. The van der Waals surface area contributed by atoms with Gasteiger partial charge in [-0.15, -0.1) is 0 Å². The van der Waals surface area contributed by atoms with Gasteiger partial charge in [0.15, 0.2) is 0 Å². The first-order valence-corrected chi connectivity index (χ1v) is 5.28. The highest BCUT2D eigenvalue weighted by Crippen LogP contribution is 2.20. The lowest BCUT2D eigenvalue weighted by atomic mass is 10.2. The number of rotatable bonds is 5. The molecule has 0 aliphatic carbocycles. The monoisotopic (exact) mass is 214 g/mol. The van der Waals surface area contributed by atoms with Crippen LogP contribution in [-0.2, 0) is 0 Å². The van der Waals surface area contributed by atoms with Crippen LogP contribution >= 0.6 is 11.6 Å². The van der Waals surface area contributed by atoms with Crippen molar-refractivity contribution in [2.24, 2.45) is 0 Å². The third-order valence-corrected chi connectivity index (χ3v) is 2.46. The quantitative estimate of drug-likeness (QED) is 0.741. The molecular weight excluding hydrogens is 198 g/mol. The van der Waals surface area contributed by atoms with E-state index in [0.717, 1.165) is 35.9 Å². The Labute approximate surface area is 90.2 Å². The second-order valence-corrected chi connectivity index (χ2v) is 3.72. The fourth-order valence-corrected chi connectivity index (χ4v) is 1.30. The van der Waals surface area contributed by atoms with Crippen molar-refractivity contribution in [2.45, 2.75) is 13.3 Å². The van der Waals surface area contributed by atoms with Crippen molar-refractivity contribution in [3.05, 3.63) is 28.8 Å². The summed E-state index contributed by atoms with van der Waals surface area (Å²) in [5, 5.41) is 2.94. The summed E-state index contributed by atoms with van der Waals surface area (Å²) in [4.78, 5) is 0. The van der Waals surface area contributed by atoms with Gasteiger partial charge in [-0.1, -0.05) is 11.6 Å². The number of halogens is 1. The van der Waals surface area contributed by atoms with Gasteiger partial charge >= 0.3 is 0 Å². The van der Waals surface area contributed by atoms with Crippen LogP contribution in [0.1, 0.15) is 12.0 Å². The average Bonchev–Trinajstić information content (AvgIpc) is 2.18. The molecule has 3 heteroatoms. The smallest absolute Gasteiger partial charge is 0.119 e. The Kier molecular flexibility index (Phi) is 4.77. The summed E-state index contributed by atoms with van der Waals surface area (Å²) in [6.07, 6.45) is 1.07. The number of quaternary nitrogens is 1. The Bertz CT molecular complexity index is 289. The Morgan fingerprint density at radius 2 is 2.21 bits per heavy atom. The first-order chi connectivity index (χ1) is 6.74. The maximum atomic E-state index is 5.90. The molecule has 1 aromatic rings. The normalized spacial score (nSPS) is 10.2. The lowest BCUT2D eigenvalue weighted by Crippen LogP contribution is -2.79. The van der Waals surface area contributed by atoms with E-state index in [2.05, 4.69) is 12.4 Å². The molecule has 0 fully saturated rings. The minimum Gasteiger partial charge on any atom is -0.493 e. The molecule has 1 rings (SSSR count). The van der Waals surface area contributed by atoms with Crippen molar-refractivity contribution < 1.29 is 10.1 Å². The third kappa shape index (κ3) is 3.56. The molecule has 0 saturated carbocycles. The van der Waals surface area contributed by atoms with E-state index in [1.165, 1.54) is 0 Å². The van der Waals surface area contributed by atoms with E-state index in [-0.39, 0.29) is 0 Å². The maximum absolute atomic E-state index is 5.90. The van der Waals surface area contributed by atoms with Gasteiger partial charge in [-0.05, 0) is 30.7 Å². The summed E-state index contributed by atoms with van der Waals surface area (Å²) in [5.74, 6) is 0.906. The molecular formula is C11H17ClNO+. The van der Waals surface area contributed by atoms with Crippen molar-refractivity contribution in [2.75, 3.05) is 20.2 Å². The number of hydrogen-bond donors (Lipinski definition) is 1. The Balaban J connectivity index is 2.39. The van der Waals surface area contributed by atoms with Crippen molar-refractivity contribution in [1.82, 2.24) is 0 Å². The van der Waals surface area contributed by atoms with Gasteiger partial charge in [-0.2, -0.15) is 0 Å². The summed E-state index contributed by atoms with van der Waals surface area (Å²) in [6.45, 7) is 3.85. The fraction of sp³-hybridized carbons (Fsp3) is 0.455. The molecule has 0 amide bonds. The highest BCUT2D eigenvalue weighted by Gasteiger charge is 1.98. The minimum absolute atomic E-state index is 0.769. The van der Waals surface area contributed by atoms with Crippen LogP contribution in [0.4, 0.5) is 0 Å². The van der Waals surface area contributed by atoms with Gasteiger partial charge in [-0.25, -0.2) is 0 Å². The molecule has 0 bridgehead atoms. The first-order valence-electron chi connectivity index (χ1n) is 4.91. The number of benzene rings is 1. The Morgan fingerprint density at radius 1 is 1.43 bits per heavy atom. The van der Waals surface area contributed by atoms with E-state index < -0.39 is 0 Å². The van der Waals surface area contributed by atoms with Gasteiger partial charge in [0, 0.05) is 11.4 Å². The first kappa shape index (κ1) is 11.3. The van der Waals surface area contributed by atoms with Crippen LogP contribution < -0.4 is 10.1 Å². The summed E-state index contributed by atoms with van der Waals surface area (Å²) in [5.41, 5.74) is 1.06. The zero-order valence-corrected chi connectivity index (χ0v) is 9.47. The van der Waals surface area contributed by atoms with E-state index in [1.54, 1.807) is 0 Å². The molecule has 2 N–H and O–H groups in total. The number of ether oxygens (including phenoxy) is 1. The fourth-order valence-electron chi connectivity index (χ4n) is 1.18. The lowest BCUT2D eigenvalue weighted by Gasteiger charge is -2.06. The van der Waals surface area contributed by atoms with Crippen molar-refractivity contribution in [3.8, 4) is 5.75 Å². The van der Waals surface area contributed by atoms with Gasteiger partial charge < -0.3 is 10.1 Å². The Morgan fingerprint density at radius 3 is 2.86 bits per heavy atom. The van der Waals surface area contributed by atoms with Gasteiger partial charge in [0.1, 0.15) is 5.75 Å². The average molecular weight is 215 g/mol. The maximum Gasteiger partial charge on any atom is 0.119 e. The molecule has 0 unspecified atom stereocenters. The number of aryl methyl sites for hydroxylation is 1. The molecule has 0 aliphatic heterocycles. The molecule has 0 atom stereocenters. The molecule has 0 spiro atoms. The second kappa shape index (κ2) is 5.89. The van der Waals surface area contributed by atoms with Gasteiger partial charge in [0.2, 0.25) is 0 Å². The largest absolute Gasteiger partial charge is 0.493 e. The predicted octanol–water partition coefficient (Wildman–Crippen LogP) is 1.61. The van der Waals surface area contributed by atoms with Crippen LogP contribution in [-0.4, -0.2) is 20.2 Å². The number of hydrogen-bond acceptors (Lipinski definition) is 1. The zero-order valence-electron chi connectivity index (χ0n) is 8.72. The van der Waals surface area contributed by atoms with Gasteiger partial charge in [0.05, 0.1) is 20.2 Å². The predicted molar refractivity (Wildman–Crippen MR) is 59.0 cm³/mol. The molecule has 0 aromatic heterocycles. The molecule has 14 heavy (non-hydrogen) atoms. The summed E-state index contributed by atoms with van der Waals surface area (Å²) >= 11 is 5.90. The molecule has 0 aliphatic rings. The highest BCUT2D eigenvalue weighted by molar-refractivity contribution is 6.31. The summed E-state index contributed by atoms with van der Waals surface area (Å²) < 4.78 is 5.57.